The molecule has 204 valence electrons. The Bertz CT molecular complexity index is 1410. The zero-order valence-corrected chi connectivity index (χ0v) is 21.1. The largest absolute Gasteiger partial charge is 0.426 e. The summed E-state index contributed by atoms with van der Waals surface area (Å²) in [6.07, 6.45) is 3.42. The number of nitrogens with zero attached hydrogens (tertiary/aromatic N) is 2. The highest BCUT2D eigenvalue weighted by molar-refractivity contribution is 6.21. The fourth-order valence-corrected chi connectivity index (χ4v) is 3.60. The summed E-state index contributed by atoms with van der Waals surface area (Å²) in [7, 11) is 0. The smallest absolute Gasteiger partial charge is 0.423 e. The van der Waals surface area contributed by atoms with Gasteiger partial charge in [0.15, 0.2) is 11.7 Å². The van der Waals surface area contributed by atoms with E-state index in [1.807, 2.05) is 0 Å². The minimum absolute atomic E-state index is 0.115. The van der Waals surface area contributed by atoms with Crippen molar-refractivity contribution in [2.45, 2.75) is 32.7 Å². The number of rotatable bonds is 9. The molecule has 0 spiro atoms. The molecule has 1 aliphatic carbocycles. The monoisotopic (exact) mass is 538 g/mol. The second-order valence-electron chi connectivity index (χ2n) is 8.68. The zero-order chi connectivity index (χ0) is 28.1. The number of hydrogen-bond donors (Lipinski definition) is 5. The Balaban J connectivity index is 1.66. The molecular formula is C25H26N6O8. The molecule has 0 unspecified atom stereocenters. The van der Waals surface area contributed by atoms with Crippen LogP contribution in [0.15, 0.2) is 41.2 Å². The van der Waals surface area contributed by atoms with Gasteiger partial charge in [-0.05, 0) is 49.9 Å². The Morgan fingerprint density at radius 3 is 2.62 bits per heavy atom. The van der Waals surface area contributed by atoms with E-state index in [4.69, 9.17) is 19.8 Å². The van der Waals surface area contributed by atoms with Crippen LogP contribution in [0.3, 0.4) is 0 Å². The molecule has 0 saturated heterocycles. The number of aryl methyl sites for hydroxylation is 1. The van der Waals surface area contributed by atoms with Crippen LogP contribution in [-0.2, 0) is 14.3 Å². The molecule has 5 N–H and O–H groups in total. The molecule has 0 radical (unpaired) electrons. The first-order valence-corrected chi connectivity index (χ1v) is 11.8. The average molecular weight is 539 g/mol. The number of aromatic nitrogens is 2. The summed E-state index contributed by atoms with van der Waals surface area (Å²) < 4.78 is 14.4. The van der Waals surface area contributed by atoms with Crippen LogP contribution in [0.1, 0.15) is 50.4 Å². The Labute approximate surface area is 221 Å². The SMILES string of the molecule is Cc1ccc(C(=O)Nc2ccon2)cc1N(C(=N)c1[nH]cc(C(=O)NC2CC2)c1C)C(=O)OCOC(=O)CO. The number of carbonyl (C=O) groups is 4. The topological polar surface area (TPSA) is 200 Å². The second kappa shape index (κ2) is 11.6. The van der Waals surface area contributed by atoms with Gasteiger partial charge in [-0.25, -0.2) is 14.5 Å². The van der Waals surface area contributed by atoms with Crippen LogP contribution in [0.5, 0.6) is 0 Å². The maximum absolute atomic E-state index is 13.2. The molecule has 4 rings (SSSR count). The van der Waals surface area contributed by atoms with Crippen LogP contribution in [0.4, 0.5) is 16.3 Å². The Morgan fingerprint density at radius 2 is 1.95 bits per heavy atom. The van der Waals surface area contributed by atoms with Crippen molar-refractivity contribution in [3.05, 3.63) is 64.7 Å². The number of benzene rings is 1. The maximum Gasteiger partial charge on any atom is 0.423 e. The highest BCUT2D eigenvalue weighted by Crippen LogP contribution is 2.27. The van der Waals surface area contributed by atoms with E-state index < -0.39 is 37.2 Å². The molecule has 2 heterocycles. The lowest BCUT2D eigenvalue weighted by atomic mass is 10.1. The Hall–Kier alpha value is -4.98. The van der Waals surface area contributed by atoms with E-state index in [0.717, 1.165) is 17.7 Å². The number of aromatic amines is 1. The third kappa shape index (κ3) is 6.30. The molecular weight excluding hydrogens is 512 g/mol. The molecule has 14 heteroatoms. The van der Waals surface area contributed by atoms with Crippen molar-refractivity contribution in [1.82, 2.24) is 15.5 Å². The molecule has 2 aromatic heterocycles. The fraction of sp³-hybridized carbons (Fsp3) is 0.280. The third-order valence-electron chi connectivity index (χ3n) is 5.86. The molecule has 0 bridgehead atoms. The molecule has 39 heavy (non-hydrogen) atoms. The number of amidine groups is 1. The number of aliphatic hydroxyl groups is 1. The van der Waals surface area contributed by atoms with Crippen LogP contribution in [0, 0.1) is 19.3 Å². The van der Waals surface area contributed by atoms with Gasteiger partial charge in [-0.3, -0.25) is 15.0 Å². The number of aliphatic hydroxyl groups excluding tert-OH is 1. The Kier molecular flexibility index (Phi) is 8.05. The highest BCUT2D eigenvalue weighted by atomic mass is 16.7. The van der Waals surface area contributed by atoms with E-state index in [1.54, 1.807) is 19.9 Å². The van der Waals surface area contributed by atoms with E-state index in [9.17, 15) is 19.2 Å². The van der Waals surface area contributed by atoms with E-state index >= 15 is 0 Å². The van der Waals surface area contributed by atoms with Gasteiger partial charge in [-0.15, -0.1) is 0 Å². The number of hydrogen-bond acceptors (Lipinski definition) is 10. The minimum atomic E-state index is -1.11. The van der Waals surface area contributed by atoms with Crippen molar-refractivity contribution in [3.8, 4) is 0 Å². The molecule has 1 aliphatic rings. The quantitative estimate of drug-likeness (QED) is 0.117. The lowest BCUT2D eigenvalue weighted by Crippen LogP contribution is -2.39. The van der Waals surface area contributed by atoms with Gasteiger partial charge in [0.25, 0.3) is 11.8 Å². The normalized spacial score (nSPS) is 12.4. The minimum Gasteiger partial charge on any atom is -0.426 e. The molecule has 1 fully saturated rings. The van der Waals surface area contributed by atoms with Crippen LogP contribution < -0.4 is 15.5 Å². The van der Waals surface area contributed by atoms with E-state index in [0.29, 0.717) is 16.7 Å². The summed E-state index contributed by atoms with van der Waals surface area (Å²) in [5, 5.41) is 26.8. The number of H-pyrrole nitrogens is 1. The van der Waals surface area contributed by atoms with Gasteiger partial charge in [0.1, 0.15) is 12.9 Å². The molecule has 1 aromatic carbocycles. The first-order valence-electron chi connectivity index (χ1n) is 11.8. The van der Waals surface area contributed by atoms with Gasteiger partial charge in [0.05, 0.1) is 16.9 Å². The predicted octanol–water partition coefficient (Wildman–Crippen LogP) is 2.23. The van der Waals surface area contributed by atoms with Gasteiger partial charge in [0.2, 0.25) is 6.79 Å². The van der Waals surface area contributed by atoms with Crippen molar-refractivity contribution in [2.75, 3.05) is 23.6 Å². The Morgan fingerprint density at radius 1 is 1.18 bits per heavy atom. The first-order chi connectivity index (χ1) is 18.7. The van der Waals surface area contributed by atoms with E-state index in [1.165, 1.54) is 30.7 Å². The van der Waals surface area contributed by atoms with Crippen molar-refractivity contribution in [1.29, 1.82) is 5.41 Å². The average Bonchev–Trinajstić information content (AvgIpc) is 3.40. The van der Waals surface area contributed by atoms with Crippen molar-refractivity contribution in [3.63, 3.8) is 0 Å². The van der Waals surface area contributed by atoms with Crippen molar-refractivity contribution in [2.24, 2.45) is 0 Å². The van der Waals surface area contributed by atoms with Crippen LogP contribution in [0.25, 0.3) is 0 Å². The molecule has 1 saturated carbocycles. The van der Waals surface area contributed by atoms with Gasteiger partial charge in [0, 0.05) is 23.9 Å². The van der Waals surface area contributed by atoms with E-state index in [-0.39, 0.29) is 34.7 Å². The van der Waals surface area contributed by atoms with Crippen LogP contribution in [0.2, 0.25) is 0 Å². The molecule has 3 aromatic rings. The standard InChI is InChI=1S/C25H26N6O8/c1-13-3-4-15(23(34)29-19-7-8-39-30-19)9-18(13)31(25(36)38-12-37-20(33)11-32)22(26)21-14(2)17(10-27-21)24(35)28-16-5-6-16/h3-4,7-10,16,26-27,32H,5-6,11-12H2,1-2H3,(H,28,35)(H,29,30,34). The van der Waals surface area contributed by atoms with E-state index in [2.05, 4.69) is 25.5 Å². The van der Waals surface area contributed by atoms with Crippen LogP contribution >= 0.6 is 0 Å². The summed E-state index contributed by atoms with van der Waals surface area (Å²) in [6.45, 7) is 1.55. The predicted molar refractivity (Wildman–Crippen MR) is 135 cm³/mol. The molecule has 0 aliphatic heterocycles. The first kappa shape index (κ1) is 27.1. The summed E-state index contributed by atoms with van der Waals surface area (Å²) in [5.41, 5.74) is 1.62. The number of nitrogens with one attached hydrogen (secondary N) is 4. The summed E-state index contributed by atoms with van der Waals surface area (Å²) in [5.74, 6) is -2.10. The number of esters is 1. The number of ether oxygens (including phenoxy) is 2. The number of anilines is 2. The number of carbonyl (C=O) groups excluding carboxylic acids is 4. The summed E-state index contributed by atoms with van der Waals surface area (Å²) in [4.78, 5) is 53.7. The third-order valence-corrected chi connectivity index (χ3v) is 5.86. The van der Waals surface area contributed by atoms with Crippen LogP contribution in [-0.4, -0.2) is 64.4 Å². The van der Waals surface area contributed by atoms with Crippen molar-refractivity contribution < 1.29 is 38.3 Å². The van der Waals surface area contributed by atoms with Gasteiger partial charge in [-0.1, -0.05) is 11.2 Å². The van der Waals surface area contributed by atoms with Crippen molar-refractivity contribution >= 4 is 41.2 Å². The second-order valence-corrected chi connectivity index (χ2v) is 8.68. The number of amides is 3. The lowest BCUT2D eigenvalue weighted by Gasteiger charge is -2.24. The fourth-order valence-electron chi connectivity index (χ4n) is 3.60. The zero-order valence-electron chi connectivity index (χ0n) is 21.1. The summed E-state index contributed by atoms with van der Waals surface area (Å²) >= 11 is 0. The van der Waals surface area contributed by atoms with Gasteiger partial charge >= 0.3 is 12.1 Å². The summed E-state index contributed by atoms with van der Waals surface area (Å²) in [6, 6.07) is 6.04. The van der Waals surface area contributed by atoms with Gasteiger partial charge < -0.3 is 34.7 Å². The van der Waals surface area contributed by atoms with Gasteiger partial charge in [-0.2, -0.15) is 0 Å². The molecule has 0 atom stereocenters. The maximum atomic E-state index is 13.2. The molecule has 3 amide bonds. The highest BCUT2D eigenvalue weighted by Gasteiger charge is 2.30. The lowest BCUT2D eigenvalue weighted by molar-refractivity contribution is -0.154. The molecule has 14 nitrogen and oxygen atoms in total.